The predicted octanol–water partition coefficient (Wildman–Crippen LogP) is -1.59. The van der Waals surface area contributed by atoms with Crippen molar-refractivity contribution in [2.45, 2.75) is 36.8 Å². The molecule has 0 amide bonds. The molecule has 0 aromatic carbocycles. The highest BCUT2D eigenvalue weighted by atomic mass is 35.5. The monoisotopic (exact) mass is 305 g/mol. The van der Waals surface area contributed by atoms with Gasteiger partial charge in [0.25, 0.3) is 0 Å². The Bertz CT molecular complexity index is 501. The molecule has 4 N–H and O–H groups in total. The minimum Gasteiger partial charge on any atom is -0.394 e. The van der Waals surface area contributed by atoms with E-state index < -0.39 is 43.4 Å². The number of aliphatic hydroxyl groups excluding tert-OH is 2. The van der Waals surface area contributed by atoms with Gasteiger partial charge in [-0.05, 0) is 0 Å². The molecular weight excluding hydrogens is 293 g/mol. The number of ether oxygens (including phenoxy) is 1. The van der Waals surface area contributed by atoms with E-state index in [-0.39, 0.29) is 11.1 Å². The number of halogens is 2. The van der Waals surface area contributed by atoms with E-state index in [4.69, 9.17) is 27.2 Å². The molecule has 6 atom stereocenters. The number of nitrogens with zero attached hydrogens (tertiary/aromatic N) is 4. The van der Waals surface area contributed by atoms with Gasteiger partial charge in [0.2, 0.25) is 5.96 Å². The fourth-order valence-electron chi connectivity index (χ4n) is 2.43. The Balaban J connectivity index is 1.83. The van der Waals surface area contributed by atoms with Crippen molar-refractivity contribution in [3.63, 3.8) is 0 Å². The summed E-state index contributed by atoms with van der Waals surface area (Å²) < 4.78 is 19.4. The molecule has 110 valence electrons. The van der Waals surface area contributed by atoms with Gasteiger partial charge in [-0.3, -0.25) is 4.99 Å². The molecule has 1 fully saturated rings. The summed E-state index contributed by atoms with van der Waals surface area (Å²) in [6.45, 7) is -0.481. The molecule has 0 bridgehead atoms. The van der Waals surface area contributed by atoms with E-state index >= 15 is 0 Å². The summed E-state index contributed by atoms with van der Waals surface area (Å²) in [7, 11) is 0. The van der Waals surface area contributed by atoms with Crippen LogP contribution in [0.25, 0.3) is 0 Å². The number of fused-ring (bicyclic) bond motifs is 1. The molecule has 3 aliphatic heterocycles. The maximum absolute atomic E-state index is 14.1. The van der Waals surface area contributed by atoms with Crippen LogP contribution in [0.2, 0.25) is 0 Å². The second-order valence-corrected chi connectivity index (χ2v) is 5.06. The molecular formula is C10H13ClFN5O3. The van der Waals surface area contributed by atoms with E-state index in [2.05, 4.69) is 15.0 Å². The van der Waals surface area contributed by atoms with Crippen LogP contribution in [0.4, 0.5) is 4.39 Å². The normalized spacial score (nSPS) is 43.5. The maximum Gasteiger partial charge on any atom is 0.218 e. The first-order valence-corrected chi connectivity index (χ1v) is 6.37. The Morgan fingerprint density at radius 3 is 2.95 bits per heavy atom. The van der Waals surface area contributed by atoms with E-state index in [1.807, 2.05) is 0 Å². The zero-order valence-corrected chi connectivity index (χ0v) is 10.9. The van der Waals surface area contributed by atoms with Crippen molar-refractivity contribution in [3.8, 4) is 0 Å². The SMILES string of the molecule is NC1=NC2C(N=CN2[C@@H]2O[C@H](CO)[C@@H](O)[C@H]2F)C(Cl)=N1. The summed E-state index contributed by atoms with van der Waals surface area (Å²) in [4.78, 5) is 13.3. The topological polar surface area (TPSA) is 116 Å². The molecule has 0 saturated carbocycles. The van der Waals surface area contributed by atoms with E-state index in [0.717, 1.165) is 0 Å². The quantitative estimate of drug-likeness (QED) is 0.568. The van der Waals surface area contributed by atoms with Crippen molar-refractivity contribution in [2.75, 3.05) is 6.61 Å². The zero-order valence-electron chi connectivity index (χ0n) is 10.2. The molecule has 20 heavy (non-hydrogen) atoms. The van der Waals surface area contributed by atoms with Crippen LogP contribution >= 0.6 is 11.6 Å². The fraction of sp³-hybridized carbons (Fsp3) is 0.700. The predicted molar refractivity (Wildman–Crippen MR) is 69.5 cm³/mol. The molecule has 8 nitrogen and oxygen atoms in total. The second kappa shape index (κ2) is 4.92. The van der Waals surface area contributed by atoms with Gasteiger partial charge in [-0.25, -0.2) is 14.4 Å². The molecule has 0 aromatic heterocycles. The van der Waals surface area contributed by atoms with E-state index in [1.165, 1.54) is 11.2 Å². The fourth-order valence-corrected chi connectivity index (χ4v) is 2.68. The molecule has 10 heteroatoms. The van der Waals surface area contributed by atoms with Crippen LogP contribution in [0, 0.1) is 0 Å². The largest absolute Gasteiger partial charge is 0.394 e. The number of aliphatic imine (C=N–C) groups is 3. The molecule has 0 spiro atoms. The lowest BCUT2D eigenvalue weighted by atomic mass is 10.1. The third-order valence-electron chi connectivity index (χ3n) is 3.45. The zero-order chi connectivity index (χ0) is 14.4. The third kappa shape index (κ3) is 1.97. The first-order chi connectivity index (χ1) is 9.52. The van der Waals surface area contributed by atoms with Gasteiger partial charge in [0.1, 0.15) is 23.4 Å². The van der Waals surface area contributed by atoms with E-state index in [9.17, 15) is 9.50 Å². The molecule has 2 unspecified atom stereocenters. The number of hydrogen-bond acceptors (Lipinski definition) is 8. The molecule has 3 heterocycles. The third-order valence-corrected chi connectivity index (χ3v) is 3.75. The first-order valence-electron chi connectivity index (χ1n) is 5.99. The number of rotatable bonds is 2. The van der Waals surface area contributed by atoms with Gasteiger partial charge < -0.3 is 25.6 Å². The average molecular weight is 306 g/mol. The van der Waals surface area contributed by atoms with Gasteiger partial charge in [0.05, 0.1) is 12.9 Å². The van der Waals surface area contributed by atoms with Crippen LogP contribution in [0.3, 0.4) is 0 Å². The lowest BCUT2D eigenvalue weighted by Gasteiger charge is -2.31. The van der Waals surface area contributed by atoms with Crippen molar-refractivity contribution in [3.05, 3.63) is 0 Å². The van der Waals surface area contributed by atoms with Crippen LogP contribution in [0.15, 0.2) is 15.0 Å². The highest BCUT2D eigenvalue weighted by Gasteiger charge is 2.51. The van der Waals surface area contributed by atoms with Crippen molar-refractivity contribution < 1.29 is 19.3 Å². The lowest BCUT2D eigenvalue weighted by molar-refractivity contribution is -0.0691. The average Bonchev–Trinajstić information content (AvgIpc) is 2.93. The summed E-state index contributed by atoms with van der Waals surface area (Å²) in [5.74, 6) is -0.0283. The minimum atomic E-state index is -1.70. The van der Waals surface area contributed by atoms with Crippen LogP contribution in [-0.4, -0.2) is 76.0 Å². The molecule has 1 saturated heterocycles. The Morgan fingerprint density at radius 1 is 1.55 bits per heavy atom. The van der Waals surface area contributed by atoms with Crippen LogP contribution in [0.5, 0.6) is 0 Å². The maximum atomic E-state index is 14.1. The summed E-state index contributed by atoms with van der Waals surface area (Å²) in [5.41, 5.74) is 5.53. The molecule has 3 aliphatic rings. The Labute approximate surface area is 118 Å². The summed E-state index contributed by atoms with van der Waals surface area (Å²) in [6, 6.07) is -0.565. The smallest absolute Gasteiger partial charge is 0.218 e. The number of alkyl halides is 1. The molecule has 0 aliphatic carbocycles. The lowest BCUT2D eigenvalue weighted by Crippen LogP contribution is -2.49. The number of hydrogen-bond donors (Lipinski definition) is 3. The highest BCUT2D eigenvalue weighted by molar-refractivity contribution is 6.67. The van der Waals surface area contributed by atoms with Gasteiger partial charge in [-0.15, -0.1) is 0 Å². The molecule has 0 radical (unpaired) electrons. The minimum absolute atomic E-state index is 0.0283. The molecule has 0 aromatic rings. The second-order valence-electron chi connectivity index (χ2n) is 4.67. The number of aliphatic hydroxyl groups is 2. The van der Waals surface area contributed by atoms with Crippen LogP contribution in [0.1, 0.15) is 0 Å². The summed E-state index contributed by atoms with van der Waals surface area (Å²) in [5, 5.41) is 18.8. The highest BCUT2D eigenvalue weighted by Crippen LogP contribution is 2.32. The molecule has 3 rings (SSSR count). The van der Waals surface area contributed by atoms with Gasteiger partial charge in [0, 0.05) is 0 Å². The van der Waals surface area contributed by atoms with Crippen molar-refractivity contribution in [2.24, 2.45) is 20.7 Å². The van der Waals surface area contributed by atoms with Gasteiger partial charge in [-0.2, -0.15) is 0 Å². The van der Waals surface area contributed by atoms with Crippen LogP contribution < -0.4 is 5.73 Å². The Kier molecular flexibility index (Phi) is 3.36. The number of nitrogens with two attached hydrogens (primary N) is 1. The van der Waals surface area contributed by atoms with Gasteiger partial charge >= 0.3 is 0 Å². The van der Waals surface area contributed by atoms with Crippen molar-refractivity contribution >= 4 is 29.1 Å². The van der Waals surface area contributed by atoms with Crippen molar-refractivity contribution in [1.82, 2.24) is 4.90 Å². The first kappa shape index (κ1) is 13.7. The standard InChI is InChI=1S/C10H13ClFN5O3/c11-7-5-8(16-10(13)15-7)17(2-14-5)9-4(12)6(19)3(1-18)20-9/h2-6,8-9,18-19H,1H2,(H2,13,16)/t3-,4-,5?,6-,8?,9-/m1/s1. The number of guanidine groups is 1. The summed E-state index contributed by atoms with van der Waals surface area (Å²) >= 11 is 5.93. The Morgan fingerprint density at radius 2 is 2.30 bits per heavy atom. The Hall–Kier alpha value is -1.29. The van der Waals surface area contributed by atoms with Gasteiger partial charge in [0.15, 0.2) is 18.6 Å². The van der Waals surface area contributed by atoms with Gasteiger partial charge in [-0.1, -0.05) is 11.6 Å². The van der Waals surface area contributed by atoms with E-state index in [0.29, 0.717) is 0 Å². The van der Waals surface area contributed by atoms with Crippen LogP contribution in [-0.2, 0) is 4.74 Å². The summed E-state index contributed by atoms with van der Waals surface area (Å²) in [6.07, 6.45) is -4.53. The van der Waals surface area contributed by atoms with E-state index in [1.54, 1.807) is 0 Å². The van der Waals surface area contributed by atoms with Crippen molar-refractivity contribution in [1.29, 1.82) is 0 Å².